The predicted octanol–water partition coefficient (Wildman–Crippen LogP) is 4.41. The Morgan fingerprint density at radius 2 is 2.00 bits per heavy atom. The van der Waals surface area contributed by atoms with Gasteiger partial charge in [0.2, 0.25) is 0 Å². The van der Waals surface area contributed by atoms with Crippen LogP contribution in [0.4, 0.5) is 10.2 Å². The molecule has 2 N–H and O–H groups in total. The minimum atomic E-state index is -0.807. The molecule has 0 aromatic carbocycles. The Bertz CT molecular complexity index is 793. The van der Waals surface area contributed by atoms with E-state index in [1.54, 1.807) is 6.07 Å². The van der Waals surface area contributed by atoms with Crippen LogP contribution < -0.4 is 5.32 Å². The van der Waals surface area contributed by atoms with Crippen molar-refractivity contribution in [3.8, 4) is 10.6 Å². The van der Waals surface area contributed by atoms with Gasteiger partial charge in [0.1, 0.15) is 5.69 Å². The molecular weight excluding hydrogens is 409 g/mol. The summed E-state index contributed by atoms with van der Waals surface area (Å²) in [5, 5.41) is 14.6. The van der Waals surface area contributed by atoms with Crippen LogP contribution in [0.25, 0.3) is 10.6 Å². The van der Waals surface area contributed by atoms with Crippen LogP contribution in [-0.4, -0.2) is 27.1 Å². The lowest BCUT2D eigenvalue weighted by atomic mass is 9.61. The molecule has 8 heteroatoms. The first-order valence-electron chi connectivity index (χ1n) is 8.31. The lowest BCUT2D eigenvalue weighted by Gasteiger charge is -2.47. The third-order valence-electron chi connectivity index (χ3n) is 5.39. The second kappa shape index (κ2) is 6.64. The number of carboxylic acid groups (broad SMARTS) is 1. The van der Waals surface area contributed by atoms with Gasteiger partial charge in [0.25, 0.3) is 0 Å². The molecule has 2 unspecified atom stereocenters. The molecular formula is C17H17BrFN3O2S. The number of anilines is 1. The Labute approximate surface area is 156 Å². The lowest BCUT2D eigenvalue weighted by Crippen LogP contribution is -2.51. The predicted molar refractivity (Wildman–Crippen MR) is 97.0 cm³/mol. The maximum absolute atomic E-state index is 15.0. The number of hydrogen-bond donors (Lipinski definition) is 2. The molecule has 2 bridgehead atoms. The zero-order valence-electron chi connectivity index (χ0n) is 13.3. The Morgan fingerprint density at radius 1 is 1.28 bits per heavy atom. The molecule has 5 rings (SSSR count). The van der Waals surface area contributed by atoms with Gasteiger partial charge < -0.3 is 10.4 Å². The van der Waals surface area contributed by atoms with Gasteiger partial charge in [0.05, 0.1) is 10.8 Å². The van der Waals surface area contributed by atoms with Crippen LogP contribution in [0.1, 0.15) is 25.7 Å². The molecule has 2 atom stereocenters. The zero-order chi connectivity index (χ0) is 17.6. The van der Waals surface area contributed by atoms with Crippen molar-refractivity contribution < 1.29 is 14.3 Å². The monoisotopic (exact) mass is 425 g/mol. The smallest absolute Gasteiger partial charge is 0.308 e. The number of aromatic nitrogens is 2. The van der Waals surface area contributed by atoms with Crippen LogP contribution in [0.15, 0.2) is 22.2 Å². The van der Waals surface area contributed by atoms with Crippen LogP contribution in [0, 0.1) is 23.6 Å². The summed E-state index contributed by atoms with van der Waals surface area (Å²) >= 11 is 4.64. The topological polar surface area (TPSA) is 75.1 Å². The number of nitrogens with one attached hydrogen (secondary N) is 1. The fraction of sp³-hybridized carbons (Fsp3) is 0.471. The van der Waals surface area contributed by atoms with Crippen LogP contribution in [-0.2, 0) is 4.79 Å². The maximum atomic E-state index is 15.0. The molecule has 5 nitrogen and oxygen atoms in total. The van der Waals surface area contributed by atoms with E-state index in [0.717, 1.165) is 25.7 Å². The summed E-state index contributed by atoms with van der Waals surface area (Å²) in [6.45, 7) is 0. The average Bonchev–Trinajstić information content (AvgIpc) is 3.12. The van der Waals surface area contributed by atoms with E-state index in [2.05, 4.69) is 31.2 Å². The van der Waals surface area contributed by atoms with Crippen molar-refractivity contribution in [3.05, 3.63) is 28.1 Å². The Balaban J connectivity index is 1.69. The number of rotatable bonds is 4. The minimum absolute atomic E-state index is 0.0778. The van der Waals surface area contributed by atoms with E-state index < -0.39 is 17.7 Å². The number of nitrogens with zero attached hydrogens (tertiary/aromatic N) is 2. The van der Waals surface area contributed by atoms with Crippen molar-refractivity contribution >= 4 is 39.1 Å². The fourth-order valence-electron chi connectivity index (χ4n) is 4.26. The van der Waals surface area contributed by atoms with Gasteiger partial charge in [-0.05, 0) is 64.9 Å². The van der Waals surface area contributed by atoms with Crippen LogP contribution in [0.5, 0.6) is 0 Å². The van der Waals surface area contributed by atoms with Crippen molar-refractivity contribution in [1.29, 1.82) is 0 Å². The largest absolute Gasteiger partial charge is 0.481 e. The fourth-order valence-corrected chi connectivity index (χ4v) is 5.32. The molecule has 3 aliphatic carbocycles. The molecule has 2 heterocycles. The Kier molecular flexibility index (Phi) is 4.49. The molecule has 2 aromatic heterocycles. The van der Waals surface area contributed by atoms with Crippen molar-refractivity contribution in [2.45, 2.75) is 31.7 Å². The van der Waals surface area contributed by atoms with Gasteiger partial charge in [0, 0.05) is 6.04 Å². The zero-order valence-corrected chi connectivity index (χ0v) is 15.7. The van der Waals surface area contributed by atoms with Crippen molar-refractivity contribution in [2.75, 3.05) is 5.32 Å². The first-order chi connectivity index (χ1) is 12.0. The molecule has 25 heavy (non-hydrogen) atoms. The number of aliphatic carboxylic acids is 1. The number of fused-ring (bicyclic) bond motifs is 3. The molecule has 3 fully saturated rings. The van der Waals surface area contributed by atoms with Crippen LogP contribution >= 0.6 is 27.3 Å². The highest BCUT2D eigenvalue weighted by Crippen LogP contribution is 2.46. The van der Waals surface area contributed by atoms with Gasteiger partial charge in [0.15, 0.2) is 16.4 Å². The summed E-state index contributed by atoms with van der Waals surface area (Å²) in [7, 11) is 0. The lowest BCUT2D eigenvalue weighted by molar-refractivity contribution is -0.148. The first kappa shape index (κ1) is 16.9. The molecule has 3 aliphatic rings. The van der Waals surface area contributed by atoms with Gasteiger partial charge >= 0.3 is 5.97 Å². The quantitative estimate of drug-likeness (QED) is 0.709. The second-order valence-corrected chi connectivity index (χ2v) is 8.35. The van der Waals surface area contributed by atoms with E-state index in [1.807, 2.05) is 11.4 Å². The molecule has 0 saturated heterocycles. The number of carboxylic acids is 1. The van der Waals surface area contributed by atoms with Gasteiger partial charge in [-0.1, -0.05) is 6.07 Å². The molecule has 3 saturated carbocycles. The number of hydrogen-bond acceptors (Lipinski definition) is 5. The van der Waals surface area contributed by atoms with Gasteiger partial charge in [-0.15, -0.1) is 11.3 Å². The Morgan fingerprint density at radius 3 is 2.64 bits per heavy atom. The molecule has 0 radical (unpaired) electrons. The SMILES string of the molecule is O=C(O)C1C2CCC(CC2)C1Nc1nc(Br)nc(-c2cccs2)c1F. The average molecular weight is 426 g/mol. The molecule has 132 valence electrons. The molecule has 2 aromatic rings. The van der Waals surface area contributed by atoms with E-state index in [9.17, 15) is 14.3 Å². The number of carbonyl (C=O) groups is 1. The summed E-state index contributed by atoms with van der Waals surface area (Å²) in [6, 6.07) is 3.34. The molecule has 0 amide bonds. The van der Waals surface area contributed by atoms with Crippen molar-refractivity contribution in [3.63, 3.8) is 0 Å². The van der Waals surface area contributed by atoms with E-state index in [0.29, 0.717) is 4.88 Å². The van der Waals surface area contributed by atoms with Crippen molar-refractivity contribution in [1.82, 2.24) is 9.97 Å². The standard InChI is InChI=1S/C17H17BrFN3O2S/c18-17-21-14(10-2-1-7-25-10)12(19)15(22-17)20-13-9-5-3-8(4-6-9)11(13)16(23)24/h1-2,7-9,11,13H,3-6H2,(H,23,24)(H,20,21,22). The summed E-state index contributed by atoms with van der Waals surface area (Å²) in [6.07, 6.45) is 3.85. The highest BCUT2D eigenvalue weighted by molar-refractivity contribution is 9.10. The second-order valence-electron chi connectivity index (χ2n) is 6.69. The summed E-state index contributed by atoms with van der Waals surface area (Å²) in [4.78, 5) is 20.8. The molecule has 0 aliphatic heterocycles. The van der Waals surface area contributed by atoms with E-state index in [-0.39, 0.29) is 34.1 Å². The summed E-state index contributed by atoms with van der Waals surface area (Å²) in [5.41, 5.74) is 0.229. The Hall–Kier alpha value is -1.54. The highest BCUT2D eigenvalue weighted by atomic mass is 79.9. The minimum Gasteiger partial charge on any atom is -0.481 e. The van der Waals surface area contributed by atoms with Gasteiger partial charge in [-0.25, -0.2) is 14.4 Å². The third kappa shape index (κ3) is 3.06. The van der Waals surface area contributed by atoms with Crippen LogP contribution in [0.2, 0.25) is 0 Å². The van der Waals surface area contributed by atoms with Crippen molar-refractivity contribution in [2.24, 2.45) is 17.8 Å². The summed E-state index contributed by atoms with van der Waals surface area (Å²) < 4.78 is 15.3. The highest BCUT2D eigenvalue weighted by Gasteiger charge is 2.47. The molecule has 0 spiro atoms. The number of halogens is 2. The van der Waals surface area contributed by atoms with E-state index >= 15 is 0 Å². The normalized spacial score (nSPS) is 28.1. The van der Waals surface area contributed by atoms with Gasteiger partial charge in [-0.3, -0.25) is 4.79 Å². The third-order valence-corrected chi connectivity index (χ3v) is 6.62. The van der Waals surface area contributed by atoms with Gasteiger partial charge in [-0.2, -0.15) is 0 Å². The number of thiophene rings is 1. The van der Waals surface area contributed by atoms with E-state index in [4.69, 9.17) is 0 Å². The van der Waals surface area contributed by atoms with Crippen LogP contribution in [0.3, 0.4) is 0 Å². The first-order valence-corrected chi connectivity index (χ1v) is 9.98. The van der Waals surface area contributed by atoms with E-state index in [1.165, 1.54) is 11.3 Å². The summed E-state index contributed by atoms with van der Waals surface area (Å²) in [5.74, 6) is -1.36. The maximum Gasteiger partial charge on any atom is 0.308 e.